The third-order valence-electron chi connectivity index (χ3n) is 6.07. The molecule has 150 valence electrons. The van der Waals surface area contributed by atoms with Crippen LogP contribution in [0.3, 0.4) is 0 Å². The van der Waals surface area contributed by atoms with Crippen molar-refractivity contribution < 1.29 is 4.79 Å². The smallest absolute Gasteiger partial charge is 0.255 e. The van der Waals surface area contributed by atoms with Gasteiger partial charge in [-0.2, -0.15) is 0 Å². The average Bonchev–Trinajstić information content (AvgIpc) is 3.08. The zero-order valence-corrected chi connectivity index (χ0v) is 17.5. The first-order chi connectivity index (χ1) is 14.1. The molecule has 1 amide bonds. The Morgan fingerprint density at radius 2 is 1.45 bits per heavy atom. The van der Waals surface area contributed by atoms with Gasteiger partial charge in [-0.25, -0.2) is 0 Å². The highest BCUT2D eigenvalue weighted by Crippen LogP contribution is 2.27. The number of hydrogen-bond donors (Lipinski definition) is 0. The van der Waals surface area contributed by atoms with Gasteiger partial charge in [0.05, 0.1) is 11.6 Å². The maximum atomic E-state index is 13.3. The molecule has 1 saturated heterocycles. The lowest BCUT2D eigenvalue weighted by Gasteiger charge is -2.36. The van der Waals surface area contributed by atoms with Crippen LogP contribution in [0.15, 0.2) is 66.7 Å². The van der Waals surface area contributed by atoms with Gasteiger partial charge in [0.1, 0.15) is 0 Å². The molecule has 4 heteroatoms. The fourth-order valence-electron chi connectivity index (χ4n) is 4.45. The van der Waals surface area contributed by atoms with Crippen molar-refractivity contribution in [3.05, 3.63) is 89.2 Å². The number of amides is 1. The Kier molecular flexibility index (Phi) is 5.43. The Morgan fingerprint density at radius 1 is 0.862 bits per heavy atom. The van der Waals surface area contributed by atoms with Gasteiger partial charge in [0, 0.05) is 43.3 Å². The van der Waals surface area contributed by atoms with Gasteiger partial charge in [0.25, 0.3) is 5.91 Å². The van der Waals surface area contributed by atoms with Crippen LogP contribution >= 0.6 is 0 Å². The molecule has 0 bridgehead atoms. The summed E-state index contributed by atoms with van der Waals surface area (Å²) in [5, 5.41) is 0. The maximum Gasteiger partial charge on any atom is 0.255 e. The highest BCUT2D eigenvalue weighted by molar-refractivity contribution is 5.96. The zero-order chi connectivity index (χ0) is 20.4. The lowest BCUT2D eigenvalue weighted by Crippen LogP contribution is -2.48. The molecule has 1 unspecified atom stereocenters. The molecule has 2 heterocycles. The number of aryl methyl sites for hydroxylation is 1. The van der Waals surface area contributed by atoms with Crippen molar-refractivity contribution in [1.29, 1.82) is 0 Å². The van der Waals surface area contributed by atoms with Gasteiger partial charge in [-0.3, -0.25) is 4.79 Å². The summed E-state index contributed by atoms with van der Waals surface area (Å²) < 4.78 is 2.28. The number of carbonyl (C=O) groups is 1. The van der Waals surface area contributed by atoms with Crippen LogP contribution in [-0.2, 0) is 0 Å². The number of rotatable bonds is 4. The van der Waals surface area contributed by atoms with Crippen LogP contribution in [0.5, 0.6) is 0 Å². The van der Waals surface area contributed by atoms with E-state index in [0.29, 0.717) is 0 Å². The van der Waals surface area contributed by atoms with Gasteiger partial charge in [0.2, 0.25) is 0 Å². The number of piperazine rings is 1. The van der Waals surface area contributed by atoms with Crippen molar-refractivity contribution in [1.82, 2.24) is 9.47 Å². The number of anilines is 1. The van der Waals surface area contributed by atoms with Crippen LogP contribution in [0.4, 0.5) is 5.69 Å². The van der Waals surface area contributed by atoms with Crippen LogP contribution in [0.1, 0.15) is 40.3 Å². The van der Waals surface area contributed by atoms with E-state index in [1.165, 1.54) is 11.3 Å². The summed E-state index contributed by atoms with van der Waals surface area (Å²) in [5.74, 6) is 0.150. The quantitative estimate of drug-likeness (QED) is 0.650. The van der Waals surface area contributed by atoms with E-state index in [4.69, 9.17) is 0 Å². The molecule has 0 aliphatic carbocycles. The summed E-state index contributed by atoms with van der Waals surface area (Å²) in [7, 11) is 0. The van der Waals surface area contributed by atoms with E-state index in [1.54, 1.807) is 0 Å². The second-order valence-electron chi connectivity index (χ2n) is 7.86. The van der Waals surface area contributed by atoms with Gasteiger partial charge in [0.15, 0.2) is 0 Å². The number of aromatic nitrogens is 1. The van der Waals surface area contributed by atoms with Crippen LogP contribution in [-0.4, -0.2) is 41.6 Å². The maximum absolute atomic E-state index is 13.3. The zero-order valence-electron chi connectivity index (χ0n) is 17.5. The van der Waals surface area contributed by atoms with Crippen LogP contribution in [0, 0.1) is 13.8 Å². The van der Waals surface area contributed by atoms with E-state index < -0.39 is 0 Å². The van der Waals surface area contributed by atoms with Gasteiger partial charge in [-0.05, 0) is 44.5 Å². The van der Waals surface area contributed by atoms with Crippen LogP contribution < -0.4 is 4.90 Å². The first kappa shape index (κ1) is 19.3. The van der Waals surface area contributed by atoms with Crippen molar-refractivity contribution in [3.63, 3.8) is 0 Å². The van der Waals surface area contributed by atoms with E-state index >= 15 is 0 Å². The molecule has 0 radical (unpaired) electrons. The third kappa shape index (κ3) is 3.80. The molecule has 1 aliphatic rings. The topological polar surface area (TPSA) is 28.5 Å². The molecule has 1 aromatic heterocycles. The lowest BCUT2D eigenvalue weighted by molar-refractivity contribution is 0.0746. The number of para-hydroxylation sites is 1. The third-order valence-corrected chi connectivity index (χ3v) is 6.07. The Labute approximate surface area is 173 Å². The van der Waals surface area contributed by atoms with Gasteiger partial charge < -0.3 is 14.4 Å². The highest BCUT2D eigenvalue weighted by atomic mass is 16.2. The monoisotopic (exact) mass is 387 g/mol. The van der Waals surface area contributed by atoms with Crippen LogP contribution in [0.2, 0.25) is 0 Å². The Morgan fingerprint density at radius 3 is 2.07 bits per heavy atom. The molecule has 1 atom stereocenters. The predicted octanol–water partition coefficient (Wildman–Crippen LogP) is 4.68. The molecule has 1 aliphatic heterocycles. The normalized spacial score (nSPS) is 15.4. The van der Waals surface area contributed by atoms with Crippen molar-refractivity contribution in [2.45, 2.75) is 26.8 Å². The van der Waals surface area contributed by atoms with E-state index in [0.717, 1.165) is 43.1 Å². The second-order valence-corrected chi connectivity index (χ2v) is 7.86. The lowest BCUT2D eigenvalue weighted by atomic mass is 10.1. The van der Waals surface area contributed by atoms with Crippen molar-refractivity contribution in [2.24, 2.45) is 0 Å². The van der Waals surface area contributed by atoms with Crippen molar-refractivity contribution in [2.75, 3.05) is 31.1 Å². The Hall–Kier alpha value is -3.01. The summed E-state index contributed by atoms with van der Waals surface area (Å²) in [6.07, 6.45) is 0. The Bertz CT molecular complexity index is 970. The first-order valence-corrected chi connectivity index (χ1v) is 10.4. The minimum Gasteiger partial charge on any atom is -0.368 e. The molecule has 0 spiro atoms. The molecular weight excluding hydrogens is 358 g/mol. The number of benzene rings is 2. The molecule has 4 nitrogen and oxygen atoms in total. The van der Waals surface area contributed by atoms with Gasteiger partial charge in [-0.1, -0.05) is 48.5 Å². The fraction of sp³-hybridized carbons (Fsp3) is 0.320. The second kappa shape index (κ2) is 8.16. The average molecular weight is 388 g/mol. The largest absolute Gasteiger partial charge is 0.368 e. The molecule has 0 saturated carbocycles. The molecular formula is C25H29N3O. The number of hydrogen-bond acceptors (Lipinski definition) is 2. The van der Waals surface area contributed by atoms with Gasteiger partial charge >= 0.3 is 0 Å². The van der Waals surface area contributed by atoms with E-state index in [1.807, 2.05) is 17.0 Å². The summed E-state index contributed by atoms with van der Waals surface area (Å²) >= 11 is 0. The molecule has 1 fully saturated rings. The van der Waals surface area contributed by atoms with Crippen molar-refractivity contribution >= 4 is 11.6 Å². The van der Waals surface area contributed by atoms with Crippen molar-refractivity contribution in [3.8, 4) is 0 Å². The summed E-state index contributed by atoms with van der Waals surface area (Å²) in [4.78, 5) is 17.6. The molecule has 2 aromatic carbocycles. The summed E-state index contributed by atoms with van der Waals surface area (Å²) in [6.45, 7) is 9.61. The molecule has 29 heavy (non-hydrogen) atoms. The minimum atomic E-state index is 0.150. The van der Waals surface area contributed by atoms with E-state index in [2.05, 4.69) is 84.8 Å². The van der Waals surface area contributed by atoms with E-state index in [9.17, 15) is 4.79 Å². The standard InChI is InChI=1S/C25H29N3O/c1-19-18-24(21(3)28(19)20(2)22-10-6-4-7-11-22)25(29)27-16-14-26(15-17-27)23-12-8-5-9-13-23/h4-13,18,20H,14-17H2,1-3H3. The Balaban J connectivity index is 1.50. The van der Waals surface area contributed by atoms with Crippen LogP contribution in [0.25, 0.3) is 0 Å². The van der Waals surface area contributed by atoms with E-state index in [-0.39, 0.29) is 11.9 Å². The minimum absolute atomic E-state index is 0.150. The summed E-state index contributed by atoms with van der Waals surface area (Å²) in [5.41, 5.74) is 5.50. The molecule has 3 aromatic rings. The first-order valence-electron chi connectivity index (χ1n) is 10.4. The molecule has 4 rings (SSSR count). The SMILES string of the molecule is Cc1cc(C(=O)N2CCN(c3ccccc3)CC2)c(C)n1C(C)c1ccccc1. The number of carbonyl (C=O) groups excluding carboxylic acids is 1. The van der Waals surface area contributed by atoms with Gasteiger partial charge in [-0.15, -0.1) is 0 Å². The predicted molar refractivity (Wildman–Crippen MR) is 119 cm³/mol. The fourth-order valence-corrected chi connectivity index (χ4v) is 4.45. The number of nitrogens with zero attached hydrogens (tertiary/aromatic N) is 3. The highest BCUT2D eigenvalue weighted by Gasteiger charge is 2.26. The summed E-state index contributed by atoms with van der Waals surface area (Å²) in [6, 6.07) is 23.2. The molecule has 0 N–H and O–H groups in total.